The van der Waals surface area contributed by atoms with Crippen LogP contribution in [0.1, 0.15) is 59.3 Å². The lowest BCUT2D eigenvalue weighted by Gasteiger charge is -2.39. The predicted molar refractivity (Wildman–Crippen MR) is 74.4 cm³/mol. The molecule has 3 nitrogen and oxygen atoms in total. The molecule has 1 aliphatic heterocycles. The maximum atomic E-state index is 12.5. The standard InChI is InChI=1S/C15H28N2O/c1-11-7-6-8-13(12(11)2)17-14(18)15(3)9-4-5-10-16-15/h11-13,16H,4-10H2,1-3H3,(H,17,18). The third-order valence-corrected chi connectivity index (χ3v) is 5.14. The van der Waals surface area contributed by atoms with E-state index in [4.69, 9.17) is 0 Å². The largest absolute Gasteiger partial charge is 0.351 e. The number of carbonyl (C=O) groups is 1. The topological polar surface area (TPSA) is 41.1 Å². The summed E-state index contributed by atoms with van der Waals surface area (Å²) in [5.74, 6) is 1.55. The van der Waals surface area contributed by atoms with Crippen LogP contribution < -0.4 is 10.6 Å². The predicted octanol–water partition coefficient (Wildman–Crippen LogP) is 2.46. The SMILES string of the molecule is CC1CCCC(NC(=O)C2(C)CCCCN2)C1C. The molecule has 1 aliphatic carbocycles. The molecule has 18 heavy (non-hydrogen) atoms. The van der Waals surface area contributed by atoms with Crippen molar-refractivity contribution in [3.63, 3.8) is 0 Å². The molecule has 0 spiro atoms. The molecule has 4 unspecified atom stereocenters. The Morgan fingerprint density at radius 1 is 1.22 bits per heavy atom. The molecule has 4 atom stereocenters. The van der Waals surface area contributed by atoms with E-state index in [2.05, 4.69) is 31.4 Å². The van der Waals surface area contributed by atoms with Crippen molar-refractivity contribution in [3.8, 4) is 0 Å². The zero-order valence-electron chi connectivity index (χ0n) is 12.1. The smallest absolute Gasteiger partial charge is 0.240 e. The first-order chi connectivity index (χ1) is 8.53. The summed E-state index contributed by atoms with van der Waals surface area (Å²) in [6.45, 7) is 7.62. The zero-order chi connectivity index (χ0) is 13.2. The van der Waals surface area contributed by atoms with Gasteiger partial charge in [-0.1, -0.05) is 26.7 Å². The fraction of sp³-hybridized carbons (Fsp3) is 0.933. The summed E-state index contributed by atoms with van der Waals surface area (Å²) in [5.41, 5.74) is -0.335. The van der Waals surface area contributed by atoms with Crippen LogP contribution in [0.25, 0.3) is 0 Å². The second kappa shape index (κ2) is 5.60. The lowest BCUT2D eigenvalue weighted by atomic mass is 9.77. The van der Waals surface area contributed by atoms with Gasteiger partial charge in [0.1, 0.15) is 0 Å². The van der Waals surface area contributed by atoms with E-state index < -0.39 is 0 Å². The van der Waals surface area contributed by atoms with Gasteiger partial charge in [0.05, 0.1) is 5.54 Å². The van der Waals surface area contributed by atoms with E-state index in [-0.39, 0.29) is 11.4 Å². The summed E-state index contributed by atoms with van der Waals surface area (Å²) in [6, 6.07) is 0.377. The Bertz CT molecular complexity index is 297. The van der Waals surface area contributed by atoms with Gasteiger partial charge in [-0.15, -0.1) is 0 Å². The molecule has 104 valence electrons. The highest BCUT2D eigenvalue weighted by molar-refractivity contribution is 5.86. The summed E-state index contributed by atoms with van der Waals surface area (Å²) in [4.78, 5) is 12.5. The van der Waals surface area contributed by atoms with Gasteiger partial charge < -0.3 is 10.6 Å². The van der Waals surface area contributed by atoms with Crippen molar-refractivity contribution in [2.45, 2.75) is 70.9 Å². The highest BCUT2D eigenvalue weighted by atomic mass is 16.2. The molecule has 0 radical (unpaired) electrons. The van der Waals surface area contributed by atoms with E-state index >= 15 is 0 Å². The minimum Gasteiger partial charge on any atom is -0.351 e. The number of carbonyl (C=O) groups excluding carboxylic acids is 1. The Morgan fingerprint density at radius 2 is 2.00 bits per heavy atom. The highest BCUT2D eigenvalue weighted by Gasteiger charge is 2.37. The highest BCUT2D eigenvalue weighted by Crippen LogP contribution is 2.30. The van der Waals surface area contributed by atoms with Gasteiger partial charge in [0.2, 0.25) is 5.91 Å². The monoisotopic (exact) mass is 252 g/mol. The van der Waals surface area contributed by atoms with Crippen molar-refractivity contribution in [1.29, 1.82) is 0 Å². The molecule has 0 bridgehead atoms. The number of rotatable bonds is 2. The molecule has 1 amide bonds. The molecule has 1 heterocycles. The van der Waals surface area contributed by atoms with Gasteiger partial charge in [0.15, 0.2) is 0 Å². The molecule has 2 rings (SSSR count). The van der Waals surface area contributed by atoms with Crippen molar-refractivity contribution >= 4 is 5.91 Å². The van der Waals surface area contributed by atoms with Crippen LogP contribution in [-0.2, 0) is 4.79 Å². The van der Waals surface area contributed by atoms with Crippen molar-refractivity contribution < 1.29 is 4.79 Å². The summed E-state index contributed by atoms with van der Waals surface area (Å²) in [5, 5.41) is 6.71. The van der Waals surface area contributed by atoms with E-state index in [1.165, 1.54) is 19.3 Å². The average molecular weight is 252 g/mol. The minimum atomic E-state index is -0.335. The molecular weight excluding hydrogens is 224 g/mol. The van der Waals surface area contributed by atoms with Crippen LogP contribution in [0.3, 0.4) is 0 Å². The van der Waals surface area contributed by atoms with Crippen LogP contribution in [0.5, 0.6) is 0 Å². The van der Waals surface area contributed by atoms with Crippen LogP contribution in [0.4, 0.5) is 0 Å². The van der Waals surface area contributed by atoms with Crippen LogP contribution in [-0.4, -0.2) is 24.0 Å². The first kappa shape index (κ1) is 13.9. The van der Waals surface area contributed by atoms with Crippen LogP contribution in [0.15, 0.2) is 0 Å². The summed E-state index contributed by atoms with van der Waals surface area (Å²) >= 11 is 0. The van der Waals surface area contributed by atoms with E-state index in [9.17, 15) is 4.79 Å². The minimum absolute atomic E-state index is 0.216. The first-order valence-corrected chi connectivity index (χ1v) is 7.59. The van der Waals surface area contributed by atoms with E-state index in [0.29, 0.717) is 12.0 Å². The first-order valence-electron chi connectivity index (χ1n) is 7.59. The third-order valence-electron chi connectivity index (χ3n) is 5.14. The van der Waals surface area contributed by atoms with E-state index in [1.54, 1.807) is 0 Å². The molecule has 3 heteroatoms. The Kier molecular flexibility index (Phi) is 4.31. The Morgan fingerprint density at radius 3 is 2.67 bits per heavy atom. The van der Waals surface area contributed by atoms with Crippen molar-refractivity contribution in [3.05, 3.63) is 0 Å². The average Bonchev–Trinajstić information content (AvgIpc) is 2.36. The van der Waals surface area contributed by atoms with Crippen LogP contribution >= 0.6 is 0 Å². The maximum absolute atomic E-state index is 12.5. The Labute approximate surface area is 111 Å². The third kappa shape index (κ3) is 2.87. The summed E-state index contributed by atoms with van der Waals surface area (Å²) in [7, 11) is 0. The van der Waals surface area contributed by atoms with Crippen molar-refractivity contribution in [1.82, 2.24) is 10.6 Å². The Hall–Kier alpha value is -0.570. The van der Waals surface area contributed by atoms with Crippen LogP contribution in [0, 0.1) is 11.8 Å². The van der Waals surface area contributed by atoms with Gasteiger partial charge in [-0.25, -0.2) is 0 Å². The number of hydrogen-bond donors (Lipinski definition) is 2. The second-order valence-corrected chi connectivity index (χ2v) is 6.56. The van der Waals surface area contributed by atoms with Gasteiger partial charge >= 0.3 is 0 Å². The fourth-order valence-electron chi connectivity index (χ4n) is 3.36. The van der Waals surface area contributed by atoms with Crippen LogP contribution in [0.2, 0.25) is 0 Å². The summed E-state index contributed by atoms with van der Waals surface area (Å²) in [6.07, 6.45) is 7.03. The number of amides is 1. The second-order valence-electron chi connectivity index (χ2n) is 6.56. The maximum Gasteiger partial charge on any atom is 0.240 e. The van der Waals surface area contributed by atoms with Crippen molar-refractivity contribution in [2.24, 2.45) is 11.8 Å². The molecule has 2 aliphatic rings. The molecule has 1 saturated carbocycles. The van der Waals surface area contributed by atoms with E-state index in [0.717, 1.165) is 31.7 Å². The number of piperidine rings is 1. The lowest BCUT2D eigenvalue weighted by molar-refractivity contribution is -0.129. The van der Waals surface area contributed by atoms with Gasteiger partial charge in [-0.05, 0) is 51.0 Å². The van der Waals surface area contributed by atoms with E-state index in [1.807, 2.05) is 0 Å². The molecule has 2 N–H and O–H groups in total. The molecular formula is C15H28N2O. The van der Waals surface area contributed by atoms with Gasteiger partial charge in [-0.3, -0.25) is 4.79 Å². The quantitative estimate of drug-likeness (QED) is 0.792. The molecule has 2 fully saturated rings. The normalized spacial score (nSPS) is 41.4. The number of nitrogens with one attached hydrogen (secondary N) is 2. The van der Waals surface area contributed by atoms with Gasteiger partial charge in [0, 0.05) is 6.04 Å². The Balaban J connectivity index is 1.93. The lowest BCUT2D eigenvalue weighted by Crippen LogP contribution is -2.59. The summed E-state index contributed by atoms with van der Waals surface area (Å²) < 4.78 is 0. The number of hydrogen-bond acceptors (Lipinski definition) is 2. The molecule has 1 saturated heterocycles. The fourth-order valence-corrected chi connectivity index (χ4v) is 3.36. The molecule has 0 aromatic heterocycles. The van der Waals surface area contributed by atoms with Crippen molar-refractivity contribution in [2.75, 3.05) is 6.54 Å². The molecule has 0 aromatic rings. The van der Waals surface area contributed by atoms with Gasteiger partial charge in [-0.2, -0.15) is 0 Å². The zero-order valence-corrected chi connectivity index (χ0v) is 12.1. The van der Waals surface area contributed by atoms with Gasteiger partial charge in [0.25, 0.3) is 0 Å². The molecule has 0 aromatic carbocycles.